The minimum atomic E-state index is 0.703. The fraction of sp³-hybridized carbons (Fsp3) is 0.667. The van der Waals surface area contributed by atoms with Crippen LogP contribution in [0, 0.1) is 5.92 Å². The maximum absolute atomic E-state index is 3.54. The monoisotopic (exact) mass is 272 g/mol. The molecule has 0 amide bonds. The number of nitrogens with one attached hydrogen (secondary N) is 1. The standard InChI is InChI=1S/C18H28N2/c1-14-6-5-7-16(12-14)20(2)11-10-15-13-19-18-9-4-3-8-17(15)18/h3-4,8-9,14-16,19H,5-7,10-13H2,1-2H3. The highest BCUT2D eigenvalue weighted by Gasteiger charge is 2.25. The van der Waals surface area contributed by atoms with Gasteiger partial charge in [0.15, 0.2) is 0 Å². The smallest absolute Gasteiger partial charge is 0.0376 e. The molecule has 0 saturated heterocycles. The summed E-state index contributed by atoms with van der Waals surface area (Å²) in [7, 11) is 2.33. The minimum Gasteiger partial charge on any atom is -0.384 e. The van der Waals surface area contributed by atoms with Gasteiger partial charge in [0.25, 0.3) is 0 Å². The molecule has 1 fully saturated rings. The van der Waals surface area contributed by atoms with Gasteiger partial charge in [-0.3, -0.25) is 0 Å². The minimum absolute atomic E-state index is 0.703. The third-order valence-electron chi connectivity index (χ3n) is 5.30. The molecule has 0 spiro atoms. The van der Waals surface area contributed by atoms with Crippen LogP contribution in [0.2, 0.25) is 0 Å². The first kappa shape index (κ1) is 13.9. The van der Waals surface area contributed by atoms with E-state index in [-0.39, 0.29) is 0 Å². The van der Waals surface area contributed by atoms with Crippen molar-refractivity contribution in [2.75, 3.05) is 25.5 Å². The average Bonchev–Trinajstić information content (AvgIpc) is 2.88. The summed E-state index contributed by atoms with van der Waals surface area (Å²) in [5, 5.41) is 3.54. The zero-order valence-electron chi connectivity index (χ0n) is 12.9. The van der Waals surface area contributed by atoms with Crippen molar-refractivity contribution in [2.24, 2.45) is 5.92 Å². The molecule has 1 N–H and O–H groups in total. The Morgan fingerprint density at radius 1 is 1.25 bits per heavy atom. The van der Waals surface area contributed by atoms with E-state index in [0.717, 1.165) is 18.5 Å². The van der Waals surface area contributed by atoms with E-state index in [1.54, 1.807) is 0 Å². The van der Waals surface area contributed by atoms with E-state index in [2.05, 4.69) is 48.5 Å². The number of hydrogen-bond donors (Lipinski definition) is 1. The summed E-state index contributed by atoms with van der Waals surface area (Å²) in [5.41, 5.74) is 2.88. The van der Waals surface area contributed by atoms with Crippen LogP contribution in [0.4, 0.5) is 5.69 Å². The summed E-state index contributed by atoms with van der Waals surface area (Å²) in [6.07, 6.45) is 6.94. The van der Waals surface area contributed by atoms with Crippen molar-refractivity contribution < 1.29 is 0 Å². The molecular weight excluding hydrogens is 244 g/mol. The maximum Gasteiger partial charge on any atom is 0.0376 e. The van der Waals surface area contributed by atoms with Crippen molar-refractivity contribution in [3.8, 4) is 0 Å². The van der Waals surface area contributed by atoms with Crippen LogP contribution in [0.25, 0.3) is 0 Å². The lowest BCUT2D eigenvalue weighted by Gasteiger charge is -2.34. The molecule has 3 rings (SSSR count). The van der Waals surface area contributed by atoms with E-state index in [9.17, 15) is 0 Å². The molecular formula is C18H28N2. The van der Waals surface area contributed by atoms with Crippen LogP contribution in [0.5, 0.6) is 0 Å². The van der Waals surface area contributed by atoms with Crippen LogP contribution in [-0.2, 0) is 0 Å². The highest BCUT2D eigenvalue weighted by molar-refractivity contribution is 5.57. The van der Waals surface area contributed by atoms with Gasteiger partial charge in [-0.15, -0.1) is 0 Å². The molecule has 1 aromatic rings. The van der Waals surface area contributed by atoms with E-state index < -0.39 is 0 Å². The van der Waals surface area contributed by atoms with E-state index >= 15 is 0 Å². The molecule has 0 aromatic heterocycles. The lowest BCUT2D eigenvalue weighted by molar-refractivity contribution is 0.160. The van der Waals surface area contributed by atoms with E-state index in [4.69, 9.17) is 0 Å². The first-order valence-corrected chi connectivity index (χ1v) is 8.27. The molecule has 2 nitrogen and oxygen atoms in total. The van der Waals surface area contributed by atoms with Crippen molar-refractivity contribution in [2.45, 2.75) is 51.0 Å². The predicted molar refractivity (Wildman–Crippen MR) is 86.3 cm³/mol. The summed E-state index contributed by atoms with van der Waals surface area (Å²) in [4.78, 5) is 2.62. The molecule has 1 aromatic carbocycles. The second-order valence-electron chi connectivity index (χ2n) is 6.86. The quantitative estimate of drug-likeness (QED) is 0.888. The number of benzene rings is 1. The number of rotatable bonds is 4. The van der Waals surface area contributed by atoms with Crippen molar-refractivity contribution >= 4 is 5.69 Å². The Morgan fingerprint density at radius 2 is 2.10 bits per heavy atom. The summed E-state index contributed by atoms with van der Waals surface area (Å²) >= 11 is 0. The van der Waals surface area contributed by atoms with Gasteiger partial charge in [0, 0.05) is 24.2 Å². The molecule has 0 bridgehead atoms. The maximum atomic E-state index is 3.54. The van der Waals surface area contributed by atoms with Gasteiger partial charge >= 0.3 is 0 Å². The van der Waals surface area contributed by atoms with Gasteiger partial charge in [-0.2, -0.15) is 0 Å². The summed E-state index contributed by atoms with van der Waals surface area (Å²) < 4.78 is 0. The Bertz CT molecular complexity index is 443. The highest BCUT2D eigenvalue weighted by Crippen LogP contribution is 2.34. The Balaban J connectivity index is 1.52. The van der Waals surface area contributed by atoms with Crippen LogP contribution in [0.1, 0.15) is 50.5 Å². The Labute approximate surface area is 123 Å². The van der Waals surface area contributed by atoms with Crippen molar-refractivity contribution in [1.29, 1.82) is 0 Å². The van der Waals surface area contributed by atoms with E-state index in [1.165, 1.54) is 49.9 Å². The van der Waals surface area contributed by atoms with E-state index in [0.29, 0.717) is 5.92 Å². The largest absolute Gasteiger partial charge is 0.384 e. The number of fused-ring (bicyclic) bond motifs is 1. The molecule has 1 aliphatic carbocycles. The number of para-hydroxylation sites is 1. The molecule has 20 heavy (non-hydrogen) atoms. The molecule has 1 aliphatic heterocycles. The molecule has 1 saturated carbocycles. The predicted octanol–water partition coefficient (Wildman–Crippen LogP) is 4.10. The lowest BCUT2D eigenvalue weighted by atomic mass is 9.86. The van der Waals surface area contributed by atoms with Crippen LogP contribution in [0.15, 0.2) is 24.3 Å². The van der Waals surface area contributed by atoms with Crippen molar-refractivity contribution in [1.82, 2.24) is 4.90 Å². The zero-order valence-corrected chi connectivity index (χ0v) is 12.9. The summed E-state index contributed by atoms with van der Waals surface area (Å²) in [6.45, 7) is 4.77. The Morgan fingerprint density at radius 3 is 2.95 bits per heavy atom. The number of nitrogens with zero attached hydrogens (tertiary/aromatic N) is 1. The fourth-order valence-corrected chi connectivity index (χ4v) is 3.96. The van der Waals surface area contributed by atoms with Gasteiger partial charge in [0.1, 0.15) is 0 Å². The topological polar surface area (TPSA) is 15.3 Å². The lowest BCUT2D eigenvalue weighted by Crippen LogP contribution is -2.36. The van der Waals surface area contributed by atoms with Crippen LogP contribution in [-0.4, -0.2) is 31.1 Å². The molecule has 3 atom stereocenters. The molecule has 2 heteroatoms. The number of anilines is 1. The molecule has 110 valence electrons. The Kier molecular flexibility index (Phi) is 4.30. The third kappa shape index (κ3) is 3.01. The SMILES string of the molecule is CC1CCCC(N(C)CCC2CNc3ccccc32)C1. The second-order valence-corrected chi connectivity index (χ2v) is 6.86. The first-order chi connectivity index (χ1) is 9.74. The normalized spacial score (nSPS) is 29.2. The van der Waals surface area contributed by atoms with E-state index in [1.807, 2.05) is 0 Å². The fourth-order valence-electron chi connectivity index (χ4n) is 3.96. The highest BCUT2D eigenvalue weighted by atomic mass is 15.1. The third-order valence-corrected chi connectivity index (χ3v) is 5.30. The van der Waals surface area contributed by atoms with Crippen LogP contribution < -0.4 is 5.32 Å². The first-order valence-electron chi connectivity index (χ1n) is 8.27. The van der Waals surface area contributed by atoms with Crippen molar-refractivity contribution in [3.05, 3.63) is 29.8 Å². The van der Waals surface area contributed by atoms with Gasteiger partial charge in [-0.25, -0.2) is 0 Å². The van der Waals surface area contributed by atoms with Gasteiger partial charge < -0.3 is 10.2 Å². The van der Waals surface area contributed by atoms with Gasteiger partial charge in [0.2, 0.25) is 0 Å². The van der Waals surface area contributed by atoms with Gasteiger partial charge in [-0.1, -0.05) is 38.0 Å². The molecule has 2 aliphatic rings. The summed E-state index contributed by atoms with van der Waals surface area (Å²) in [6, 6.07) is 9.63. The second kappa shape index (κ2) is 6.17. The van der Waals surface area contributed by atoms with Crippen LogP contribution >= 0.6 is 0 Å². The van der Waals surface area contributed by atoms with Crippen molar-refractivity contribution in [3.63, 3.8) is 0 Å². The molecule has 3 unspecified atom stereocenters. The Hall–Kier alpha value is -1.02. The molecule has 1 heterocycles. The number of hydrogen-bond acceptors (Lipinski definition) is 2. The molecule has 0 radical (unpaired) electrons. The van der Waals surface area contributed by atoms with Gasteiger partial charge in [0.05, 0.1) is 0 Å². The average molecular weight is 272 g/mol. The zero-order chi connectivity index (χ0) is 13.9. The van der Waals surface area contributed by atoms with Gasteiger partial charge in [-0.05, 0) is 50.4 Å². The summed E-state index contributed by atoms with van der Waals surface area (Å²) in [5.74, 6) is 1.62. The van der Waals surface area contributed by atoms with Crippen LogP contribution in [0.3, 0.4) is 0 Å².